The summed E-state index contributed by atoms with van der Waals surface area (Å²) in [6.07, 6.45) is -10.3. The Morgan fingerprint density at radius 2 is 1.66 bits per heavy atom. The average molecular weight is 485 g/mol. The summed E-state index contributed by atoms with van der Waals surface area (Å²) < 4.78 is 112. The molecule has 0 radical (unpaired) electrons. The van der Waals surface area contributed by atoms with E-state index in [1.54, 1.807) is 0 Å². The first kappa shape index (κ1) is 25.5. The van der Waals surface area contributed by atoms with Crippen molar-refractivity contribution in [2.45, 2.75) is 36.8 Å². The number of nitrogens with one attached hydrogen (secondary N) is 1. The van der Waals surface area contributed by atoms with Crippen molar-refractivity contribution in [2.24, 2.45) is 0 Å². The minimum Gasteiger partial charge on any atom is -0.466 e. The summed E-state index contributed by atoms with van der Waals surface area (Å²) in [6.45, 7) is 1.45. The molecule has 0 aliphatic carbocycles. The van der Waals surface area contributed by atoms with Crippen LogP contribution in [0.15, 0.2) is 53.4 Å². The topological polar surface area (TPSA) is 81.7 Å². The van der Waals surface area contributed by atoms with Crippen LogP contribution in [0.4, 0.5) is 26.3 Å². The molecule has 0 aliphatic rings. The predicted molar refractivity (Wildman–Crippen MR) is 98.9 cm³/mol. The lowest BCUT2D eigenvalue weighted by atomic mass is 10.0. The quantitative estimate of drug-likeness (QED) is 0.438. The molecule has 1 N–H and O–H groups in total. The largest absolute Gasteiger partial charge is 0.573 e. The monoisotopic (exact) mass is 485 g/mol. The number of alkyl halides is 6. The lowest BCUT2D eigenvalue weighted by Gasteiger charge is -2.20. The number of rotatable bonds is 8. The molecule has 0 saturated heterocycles. The Kier molecular flexibility index (Phi) is 7.78. The number of carbonyl (C=O) groups is 1. The molecule has 176 valence electrons. The van der Waals surface area contributed by atoms with Gasteiger partial charge in [0.15, 0.2) is 0 Å². The van der Waals surface area contributed by atoms with Gasteiger partial charge in [-0.25, -0.2) is 13.1 Å². The summed E-state index contributed by atoms with van der Waals surface area (Å²) in [7, 11) is -4.45. The molecular formula is C19H17F6NO5S. The van der Waals surface area contributed by atoms with Crippen molar-refractivity contribution in [3.63, 3.8) is 0 Å². The highest BCUT2D eigenvalue weighted by Gasteiger charge is 2.33. The maximum absolute atomic E-state index is 13.1. The molecule has 0 aromatic heterocycles. The van der Waals surface area contributed by atoms with Crippen molar-refractivity contribution in [3.8, 4) is 5.75 Å². The van der Waals surface area contributed by atoms with Gasteiger partial charge >= 0.3 is 18.5 Å². The fourth-order valence-electron chi connectivity index (χ4n) is 2.62. The van der Waals surface area contributed by atoms with Gasteiger partial charge in [-0.3, -0.25) is 4.79 Å². The standard InChI is InChI=1S/C19H17F6NO5S/c1-2-30-17(27)11-16(12-4-3-5-13(10-12)18(20,21)22)26-32(28,29)15-8-6-14(7-9-15)31-19(23,24)25/h3-10,16,26H,2,11H2,1H3/t16-/m0/s1. The summed E-state index contributed by atoms with van der Waals surface area (Å²) in [5.41, 5.74) is -1.22. The Bertz CT molecular complexity index is 1040. The predicted octanol–water partition coefficient (Wildman–Crippen LogP) is 4.58. The minimum atomic E-state index is -4.98. The van der Waals surface area contributed by atoms with E-state index in [0.717, 1.165) is 36.4 Å². The van der Waals surface area contributed by atoms with Gasteiger partial charge in [0.25, 0.3) is 0 Å². The third-order valence-electron chi connectivity index (χ3n) is 3.96. The van der Waals surface area contributed by atoms with Gasteiger partial charge < -0.3 is 9.47 Å². The fraction of sp³-hybridized carbons (Fsp3) is 0.316. The zero-order valence-electron chi connectivity index (χ0n) is 16.3. The van der Waals surface area contributed by atoms with Crippen LogP contribution in [0.5, 0.6) is 5.75 Å². The second-order valence-corrected chi connectivity index (χ2v) is 8.04. The Morgan fingerprint density at radius 3 is 2.19 bits per heavy atom. The minimum absolute atomic E-state index is 0.0401. The number of hydrogen-bond donors (Lipinski definition) is 1. The molecule has 6 nitrogen and oxygen atoms in total. The molecule has 32 heavy (non-hydrogen) atoms. The van der Waals surface area contributed by atoms with Gasteiger partial charge in [-0.15, -0.1) is 13.2 Å². The summed E-state index contributed by atoms with van der Waals surface area (Å²) in [5.74, 6) is -1.54. The first-order chi connectivity index (χ1) is 14.7. The lowest BCUT2D eigenvalue weighted by molar-refractivity contribution is -0.274. The summed E-state index contributed by atoms with van der Waals surface area (Å²) in [6, 6.07) is 5.42. The van der Waals surface area contributed by atoms with Crippen LogP contribution in [0.25, 0.3) is 0 Å². The fourth-order valence-corrected chi connectivity index (χ4v) is 3.85. The van der Waals surface area contributed by atoms with Crippen molar-refractivity contribution >= 4 is 16.0 Å². The number of benzene rings is 2. The second-order valence-electron chi connectivity index (χ2n) is 6.33. The van der Waals surface area contributed by atoms with E-state index in [1.165, 1.54) is 13.0 Å². The molecule has 0 unspecified atom stereocenters. The Labute approximate surface area is 179 Å². The van der Waals surface area contributed by atoms with Gasteiger partial charge in [-0.1, -0.05) is 12.1 Å². The van der Waals surface area contributed by atoms with Crippen LogP contribution in [0.2, 0.25) is 0 Å². The van der Waals surface area contributed by atoms with Crippen LogP contribution < -0.4 is 9.46 Å². The Hall–Kier alpha value is -2.80. The second kappa shape index (κ2) is 9.77. The van der Waals surface area contributed by atoms with Crippen LogP contribution in [0.3, 0.4) is 0 Å². The zero-order valence-corrected chi connectivity index (χ0v) is 17.1. The number of ether oxygens (including phenoxy) is 2. The van der Waals surface area contributed by atoms with Gasteiger partial charge in [0.2, 0.25) is 10.0 Å². The number of halogens is 6. The molecule has 2 aromatic carbocycles. The third kappa shape index (κ3) is 7.41. The molecule has 0 amide bonds. The van der Waals surface area contributed by atoms with E-state index in [1.807, 2.05) is 0 Å². The summed E-state index contributed by atoms with van der Waals surface area (Å²) in [5, 5.41) is 0. The van der Waals surface area contributed by atoms with E-state index in [-0.39, 0.29) is 12.2 Å². The van der Waals surface area contributed by atoms with Crippen LogP contribution in [-0.2, 0) is 25.7 Å². The number of hydrogen-bond acceptors (Lipinski definition) is 5. The highest BCUT2D eigenvalue weighted by atomic mass is 32.2. The Morgan fingerprint density at radius 1 is 1.03 bits per heavy atom. The van der Waals surface area contributed by atoms with Crippen LogP contribution >= 0.6 is 0 Å². The molecule has 0 saturated carbocycles. The molecule has 0 fully saturated rings. The van der Waals surface area contributed by atoms with Crippen molar-refractivity contribution in [1.29, 1.82) is 0 Å². The number of esters is 1. The maximum Gasteiger partial charge on any atom is 0.573 e. The van der Waals surface area contributed by atoms with E-state index in [0.29, 0.717) is 6.07 Å². The smallest absolute Gasteiger partial charge is 0.466 e. The molecule has 0 aliphatic heterocycles. The van der Waals surface area contributed by atoms with Crippen LogP contribution in [0.1, 0.15) is 30.5 Å². The SMILES string of the molecule is CCOC(=O)C[C@H](NS(=O)(=O)c1ccc(OC(F)(F)F)cc1)c1cccc(C(F)(F)F)c1. The van der Waals surface area contributed by atoms with E-state index >= 15 is 0 Å². The highest BCUT2D eigenvalue weighted by Crippen LogP contribution is 2.32. The zero-order chi connectivity index (χ0) is 24.2. The molecule has 0 bridgehead atoms. The van der Waals surface area contributed by atoms with E-state index in [4.69, 9.17) is 4.74 Å². The molecule has 0 spiro atoms. The van der Waals surface area contributed by atoms with E-state index < -0.39 is 57.2 Å². The third-order valence-corrected chi connectivity index (χ3v) is 5.45. The van der Waals surface area contributed by atoms with Gasteiger partial charge in [0.1, 0.15) is 5.75 Å². The van der Waals surface area contributed by atoms with Crippen molar-refractivity contribution in [2.75, 3.05) is 6.61 Å². The van der Waals surface area contributed by atoms with Gasteiger partial charge in [-0.05, 0) is 48.9 Å². The number of sulfonamides is 1. The maximum atomic E-state index is 13.1. The van der Waals surface area contributed by atoms with Crippen molar-refractivity contribution < 1.29 is 49.0 Å². The van der Waals surface area contributed by atoms with Gasteiger partial charge in [0.05, 0.1) is 29.5 Å². The number of carbonyl (C=O) groups excluding carboxylic acids is 1. The van der Waals surface area contributed by atoms with Gasteiger partial charge in [0, 0.05) is 0 Å². The molecule has 2 aromatic rings. The van der Waals surface area contributed by atoms with Crippen molar-refractivity contribution in [3.05, 3.63) is 59.7 Å². The lowest BCUT2D eigenvalue weighted by Crippen LogP contribution is -2.31. The normalized spacial score (nSPS) is 13.5. The van der Waals surface area contributed by atoms with Gasteiger partial charge in [-0.2, -0.15) is 13.2 Å². The average Bonchev–Trinajstić information content (AvgIpc) is 2.66. The molecule has 2 rings (SSSR count). The Balaban J connectivity index is 2.35. The summed E-state index contributed by atoms with van der Waals surface area (Å²) in [4.78, 5) is 11.4. The summed E-state index contributed by atoms with van der Waals surface area (Å²) >= 11 is 0. The van der Waals surface area contributed by atoms with E-state index in [2.05, 4.69) is 9.46 Å². The molecule has 1 atom stereocenters. The first-order valence-electron chi connectivity index (χ1n) is 8.92. The van der Waals surface area contributed by atoms with Crippen molar-refractivity contribution in [1.82, 2.24) is 4.72 Å². The first-order valence-corrected chi connectivity index (χ1v) is 10.4. The van der Waals surface area contributed by atoms with Crippen LogP contribution in [0, 0.1) is 0 Å². The molecular weight excluding hydrogens is 468 g/mol. The molecule has 0 heterocycles. The molecule has 13 heteroatoms. The van der Waals surface area contributed by atoms with E-state index in [9.17, 15) is 39.6 Å². The van der Waals surface area contributed by atoms with Crippen LogP contribution in [-0.4, -0.2) is 27.4 Å². The highest BCUT2D eigenvalue weighted by molar-refractivity contribution is 7.89.